The minimum absolute atomic E-state index is 0.0185. The van der Waals surface area contributed by atoms with E-state index in [0.29, 0.717) is 12.1 Å². The van der Waals surface area contributed by atoms with E-state index in [1.807, 2.05) is 0 Å². The molecule has 2 aromatic rings. The van der Waals surface area contributed by atoms with E-state index in [1.54, 1.807) is 5.32 Å². The van der Waals surface area contributed by atoms with Crippen molar-refractivity contribution in [3.63, 3.8) is 0 Å². The summed E-state index contributed by atoms with van der Waals surface area (Å²) < 4.78 is 134. The van der Waals surface area contributed by atoms with Gasteiger partial charge in [0, 0.05) is 14.5 Å². The molecule has 0 radical (unpaired) electrons. The summed E-state index contributed by atoms with van der Waals surface area (Å²) in [5.74, 6) is -7.24. The van der Waals surface area contributed by atoms with E-state index in [-0.39, 0.29) is 26.1 Å². The second kappa shape index (κ2) is 12.7. The largest absolute Gasteiger partial charge is 0.417 e. The minimum Gasteiger partial charge on any atom is -0.345 e. The lowest BCUT2D eigenvalue weighted by atomic mass is 9.95. The van der Waals surface area contributed by atoms with Crippen molar-refractivity contribution in [2.45, 2.75) is 37.4 Å². The fourth-order valence-electron chi connectivity index (χ4n) is 3.18. The molecule has 0 saturated carbocycles. The molecular weight excluding hydrogens is 722 g/mol. The molecule has 0 aliphatic carbocycles. The number of nitrogens with one attached hydrogen (secondary N) is 2. The average molecular weight is 737 g/mol. The molecule has 40 heavy (non-hydrogen) atoms. The van der Waals surface area contributed by atoms with Crippen LogP contribution in [0, 0.1) is 0 Å². The molecule has 2 aromatic carbocycles. The van der Waals surface area contributed by atoms with Crippen LogP contribution in [-0.2, 0) is 11.0 Å². The Balaban J connectivity index is 2.45. The topological polar surface area (TPSA) is 58.2 Å². The number of carbonyl (C=O) groups excluding carboxylic acids is 2. The van der Waals surface area contributed by atoms with E-state index >= 15 is 0 Å². The number of halogens is 13. The molecule has 0 bridgehead atoms. The molecule has 0 aromatic heterocycles. The number of hydrogen-bond acceptors (Lipinski definition) is 2. The van der Waals surface area contributed by atoms with Crippen LogP contribution in [0.15, 0.2) is 45.4 Å². The Morgan fingerprint density at radius 1 is 0.975 bits per heavy atom. The first-order valence-corrected chi connectivity index (χ1v) is 12.5. The molecular formula is C23H15Br2ClF10N2O2. The number of carbonyl (C=O) groups is 2. The van der Waals surface area contributed by atoms with Gasteiger partial charge in [-0.25, -0.2) is 4.39 Å². The maximum Gasteiger partial charge on any atom is 0.417 e. The van der Waals surface area contributed by atoms with E-state index in [0.717, 1.165) is 19.1 Å². The van der Waals surface area contributed by atoms with Crippen molar-refractivity contribution in [2.75, 3.05) is 6.54 Å². The maximum atomic E-state index is 15.0. The molecule has 2 rings (SSSR count). The summed E-state index contributed by atoms with van der Waals surface area (Å²) in [7, 11) is 0. The summed E-state index contributed by atoms with van der Waals surface area (Å²) in [5.41, 5.74) is -4.39. The van der Waals surface area contributed by atoms with Crippen molar-refractivity contribution in [1.29, 1.82) is 0 Å². The molecule has 2 N–H and O–H groups in total. The van der Waals surface area contributed by atoms with Crippen LogP contribution >= 0.6 is 43.5 Å². The van der Waals surface area contributed by atoms with Crippen LogP contribution in [0.1, 0.15) is 39.9 Å². The molecule has 17 heteroatoms. The fraction of sp³-hybridized carbons (Fsp3) is 0.304. The predicted molar refractivity (Wildman–Crippen MR) is 132 cm³/mol. The van der Waals surface area contributed by atoms with Crippen molar-refractivity contribution in [3.8, 4) is 0 Å². The van der Waals surface area contributed by atoms with Crippen LogP contribution in [-0.4, -0.2) is 36.8 Å². The zero-order valence-corrected chi connectivity index (χ0v) is 23.5. The van der Waals surface area contributed by atoms with Gasteiger partial charge in [0.25, 0.3) is 5.91 Å². The van der Waals surface area contributed by atoms with Gasteiger partial charge < -0.3 is 10.6 Å². The van der Waals surface area contributed by atoms with Crippen LogP contribution < -0.4 is 10.6 Å². The van der Waals surface area contributed by atoms with Gasteiger partial charge in [0.2, 0.25) is 5.91 Å². The predicted octanol–water partition coefficient (Wildman–Crippen LogP) is 8.34. The van der Waals surface area contributed by atoms with Gasteiger partial charge >= 0.3 is 18.5 Å². The Hall–Kier alpha value is -2.33. The Kier molecular flexibility index (Phi) is 10.7. The highest BCUT2D eigenvalue weighted by Gasteiger charge is 2.41. The van der Waals surface area contributed by atoms with Crippen molar-refractivity contribution < 1.29 is 53.5 Å². The molecule has 0 saturated heterocycles. The van der Waals surface area contributed by atoms with Crippen LogP contribution in [0.3, 0.4) is 0 Å². The summed E-state index contributed by atoms with van der Waals surface area (Å²) in [5, 5.41) is 3.24. The number of rotatable bonds is 7. The molecule has 2 amide bonds. The number of benzene rings is 2. The smallest absolute Gasteiger partial charge is 0.345 e. The molecule has 2 unspecified atom stereocenters. The fourth-order valence-corrected chi connectivity index (χ4v) is 4.51. The Bertz CT molecular complexity index is 1290. The summed E-state index contributed by atoms with van der Waals surface area (Å²) in [4.78, 5) is 24.1. The number of amides is 2. The highest BCUT2D eigenvalue weighted by Crippen LogP contribution is 2.43. The summed E-state index contributed by atoms with van der Waals surface area (Å²) >= 11 is 11.8. The second-order valence-corrected chi connectivity index (χ2v) is 10.2. The van der Waals surface area contributed by atoms with E-state index in [4.69, 9.17) is 11.6 Å². The SMILES string of the molecule is CC(NC(=O)c1ccc(/C(F)=C/C(c2cc(Br)c(Cl)c(Br)c2)C(F)(F)F)cc1C(F)(F)F)C(=O)NCC(F)(F)F. The van der Waals surface area contributed by atoms with Crippen LogP contribution in [0.25, 0.3) is 5.83 Å². The van der Waals surface area contributed by atoms with Crippen molar-refractivity contribution in [3.05, 3.63) is 72.6 Å². The summed E-state index contributed by atoms with van der Waals surface area (Å²) in [6.45, 7) is -0.860. The molecule has 0 fully saturated rings. The lowest BCUT2D eigenvalue weighted by Gasteiger charge is -2.20. The average Bonchev–Trinajstić information content (AvgIpc) is 2.81. The van der Waals surface area contributed by atoms with Crippen LogP contribution in [0.4, 0.5) is 43.9 Å². The Morgan fingerprint density at radius 3 is 2.00 bits per heavy atom. The zero-order chi connectivity index (χ0) is 30.8. The molecule has 0 heterocycles. The van der Waals surface area contributed by atoms with E-state index in [9.17, 15) is 53.5 Å². The van der Waals surface area contributed by atoms with Crippen LogP contribution in [0.5, 0.6) is 0 Å². The Labute approximate surface area is 241 Å². The number of alkyl halides is 9. The first-order chi connectivity index (χ1) is 18.1. The quantitative estimate of drug-likeness (QED) is 0.222. The molecule has 4 nitrogen and oxygen atoms in total. The van der Waals surface area contributed by atoms with Gasteiger partial charge in [0.15, 0.2) is 0 Å². The van der Waals surface area contributed by atoms with Gasteiger partial charge in [-0.1, -0.05) is 17.7 Å². The van der Waals surface area contributed by atoms with E-state index < -0.39 is 76.9 Å². The molecule has 220 valence electrons. The zero-order valence-electron chi connectivity index (χ0n) is 19.6. The van der Waals surface area contributed by atoms with Gasteiger partial charge in [-0.3, -0.25) is 9.59 Å². The first-order valence-electron chi connectivity index (χ1n) is 10.6. The third-order valence-electron chi connectivity index (χ3n) is 5.08. The second-order valence-electron chi connectivity index (χ2n) is 8.12. The van der Waals surface area contributed by atoms with Gasteiger partial charge in [-0.15, -0.1) is 0 Å². The van der Waals surface area contributed by atoms with Crippen LogP contribution in [0.2, 0.25) is 5.02 Å². The molecule has 2 atom stereocenters. The third-order valence-corrected chi connectivity index (χ3v) is 7.19. The third kappa shape index (κ3) is 9.09. The first kappa shape index (κ1) is 33.9. The van der Waals surface area contributed by atoms with Gasteiger partial charge in [0.1, 0.15) is 24.3 Å². The van der Waals surface area contributed by atoms with Gasteiger partial charge in [0.05, 0.1) is 16.1 Å². The molecule has 0 aliphatic rings. The number of allylic oxidation sites excluding steroid dienone is 1. The van der Waals surface area contributed by atoms with Crippen molar-refractivity contribution in [1.82, 2.24) is 10.6 Å². The van der Waals surface area contributed by atoms with Crippen molar-refractivity contribution in [2.24, 2.45) is 0 Å². The highest BCUT2D eigenvalue weighted by atomic mass is 79.9. The van der Waals surface area contributed by atoms with E-state index in [1.165, 1.54) is 5.32 Å². The summed E-state index contributed by atoms with van der Waals surface area (Å²) in [6, 6.07) is 1.35. The lowest BCUT2D eigenvalue weighted by Crippen LogP contribution is -2.47. The van der Waals surface area contributed by atoms with E-state index in [2.05, 4.69) is 31.9 Å². The standard InChI is InChI=1S/C23H15Br2ClF10N2O2/c1-9(19(39)37-8-21(28,29)30)38-20(40)12-3-2-10(4-14(12)23(34,35)36)17(27)7-13(22(31,32)33)11-5-15(24)18(26)16(25)6-11/h2-7,9,13H,8H2,1H3,(H,37,39)(H,38,40)/b17-7-. The summed E-state index contributed by atoms with van der Waals surface area (Å²) in [6.07, 6.45) is -15.1. The van der Waals surface area contributed by atoms with Gasteiger partial charge in [-0.05, 0) is 74.7 Å². The minimum atomic E-state index is -5.32. The lowest BCUT2D eigenvalue weighted by molar-refractivity contribution is -0.140. The highest BCUT2D eigenvalue weighted by molar-refractivity contribution is 9.11. The molecule has 0 aliphatic heterocycles. The molecule has 0 spiro atoms. The van der Waals surface area contributed by atoms with Gasteiger partial charge in [-0.2, -0.15) is 39.5 Å². The maximum absolute atomic E-state index is 15.0. The van der Waals surface area contributed by atoms with Crippen molar-refractivity contribution >= 4 is 61.1 Å². The Morgan fingerprint density at radius 2 is 1.52 bits per heavy atom. The number of hydrogen-bond donors (Lipinski definition) is 2. The monoisotopic (exact) mass is 734 g/mol. The normalized spacial score (nSPS) is 14.5.